The van der Waals surface area contributed by atoms with Gasteiger partial charge in [-0.15, -0.1) is 0 Å². The van der Waals surface area contributed by atoms with Gasteiger partial charge in [0.2, 0.25) is 0 Å². The number of benzene rings is 1. The van der Waals surface area contributed by atoms with Crippen LogP contribution in [0.5, 0.6) is 0 Å². The summed E-state index contributed by atoms with van der Waals surface area (Å²) in [5, 5.41) is 4.36. The normalized spacial score (nSPS) is 22.9. The van der Waals surface area contributed by atoms with Crippen molar-refractivity contribution >= 4 is 23.4 Å². The Kier molecular flexibility index (Phi) is 4.93. The molecule has 0 fully saturated rings. The predicted octanol–water partition coefficient (Wildman–Crippen LogP) is 4.55. The lowest BCUT2D eigenvalue weighted by Gasteiger charge is -2.33. The molecule has 1 N–H and O–H groups in total. The van der Waals surface area contributed by atoms with Gasteiger partial charge in [0.25, 0.3) is 0 Å². The van der Waals surface area contributed by atoms with Gasteiger partial charge in [0.15, 0.2) is 0 Å². The molecule has 18 heavy (non-hydrogen) atoms. The highest BCUT2D eigenvalue weighted by Gasteiger charge is 2.29. The summed E-state index contributed by atoms with van der Waals surface area (Å²) < 4.78 is 13.5. The third-order valence-electron chi connectivity index (χ3n) is 3.36. The molecule has 0 aromatic heterocycles. The fourth-order valence-corrected chi connectivity index (χ4v) is 3.89. The first-order valence-corrected chi connectivity index (χ1v) is 7.92. The molecule has 2 rings (SSSR count). The summed E-state index contributed by atoms with van der Waals surface area (Å²) in [4.78, 5) is 0. The minimum atomic E-state index is -0.305. The first-order chi connectivity index (χ1) is 8.67. The molecular formula is C14H19ClFNS. The third-order valence-corrected chi connectivity index (χ3v) is 5.16. The zero-order valence-corrected chi connectivity index (χ0v) is 12.4. The summed E-state index contributed by atoms with van der Waals surface area (Å²) in [5.41, 5.74) is 2.26. The molecular weight excluding hydrogens is 269 g/mol. The molecule has 1 aliphatic heterocycles. The highest BCUT2D eigenvalue weighted by atomic mass is 35.5. The Morgan fingerprint density at radius 2 is 2.22 bits per heavy atom. The molecule has 1 heterocycles. The lowest BCUT2D eigenvalue weighted by Crippen LogP contribution is -2.33. The molecule has 4 heteroatoms. The average Bonchev–Trinajstić information content (AvgIpc) is 2.37. The van der Waals surface area contributed by atoms with E-state index in [4.69, 9.17) is 11.6 Å². The molecule has 1 nitrogen and oxygen atoms in total. The van der Waals surface area contributed by atoms with Crippen molar-refractivity contribution in [1.82, 2.24) is 5.32 Å². The van der Waals surface area contributed by atoms with Gasteiger partial charge in [0.1, 0.15) is 5.82 Å². The Morgan fingerprint density at radius 1 is 1.44 bits per heavy atom. The first-order valence-electron chi connectivity index (χ1n) is 6.50. The fraction of sp³-hybridized carbons (Fsp3) is 0.571. The summed E-state index contributed by atoms with van der Waals surface area (Å²) in [6.07, 6.45) is 2.21. The lowest BCUT2D eigenvalue weighted by molar-refractivity contribution is 0.496. The van der Waals surface area contributed by atoms with E-state index >= 15 is 0 Å². The smallest absolute Gasteiger partial charge is 0.142 e. The first kappa shape index (κ1) is 14.2. The fourth-order valence-electron chi connectivity index (χ4n) is 2.41. The largest absolute Gasteiger partial charge is 0.309 e. The van der Waals surface area contributed by atoms with Gasteiger partial charge in [-0.3, -0.25) is 0 Å². The van der Waals surface area contributed by atoms with Gasteiger partial charge in [-0.2, -0.15) is 11.8 Å². The Bertz CT molecular complexity index is 425. The van der Waals surface area contributed by atoms with Gasteiger partial charge in [0.05, 0.1) is 5.02 Å². The van der Waals surface area contributed by atoms with E-state index < -0.39 is 0 Å². The van der Waals surface area contributed by atoms with Crippen molar-refractivity contribution in [3.63, 3.8) is 0 Å². The number of hydrogen-bond donors (Lipinski definition) is 1. The van der Waals surface area contributed by atoms with Crippen LogP contribution < -0.4 is 5.32 Å². The van der Waals surface area contributed by atoms with Crippen LogP contribution in [0, 0.1) is 5.82 Å². The van der Waals surface area contributed by atoms with Crippen molar-refractivity contribution in [3.8, 4) is 0 Å². The maximum Gasteiger partial charge on any atom is 0.142 e. The quantitative estimate of drug-likeness (QED) is 0.872. The van der Waals surface area contributed by atoms with E-state index in [1.54, 1.807) is 6.07 Å². The highest BCUT2D eigenvalue weighted by molar-refractivity contribution is 7.99. The molecule has 100 valence electrons. The summed E-state index contributed by atoms with van der Waals surface area (Å²) in [6, 6.07) is 3.70. The summed E-state index contributed by atoms with van der Waals surface area (Å²) in [7, 11) is 0. The number of halogens is 2. The molecule has 1 aromatic rings. The van der Waals surface area contributed by atoms with Gasteiger partial charge in [-0.25, -0.2) is 4.39 Å². The van der Waals surface area contributed by atoms with Crippen LogP contribution >= 0.6 is 23.4 Å². The molecule has 0 bridgehead atoms. The Hall–Kier alpha value is -0.250. The van der Waals surface area contributed by atoms with Gasteiger partial charge in [-0.05, 0) is 42.6 Å². The van der Waals surface area contributed by atoms with Gasteiger partial charge in [-0.1, -0.05) is 25.4 Å². The minimum absolute atomic E-state index is 0.235. The molecule has 0 saturated carbocycles. The Balaban J connectivity index is 2.33. The number of rotatable bonds is 4. The predicted molar refractivity (Wildman–Crippen MR) is 77.8 cm³/mol. The van der Waals surface area contributed by atoms with E-state index in [-0.39, 0.29) is 10.8 Å². The molecule has 0 saturated heterocycles. The van der Waals surface area contributed by atoms with Crippen LogP contribution in [0.2, 0.25) is 5.02 Å². The zero-order chi connectivity index (χ0) is 13.1. The lowest BCUT2D eigenvalue weighted by atomic mass is 9.96. The van der Waals surface area contributed by atoms with E-state index in [9.17, 15) is 4.39 Å². The minimum Gasteiger partial charge on any atom is -0.309 e. The highest BCUT2D eigenvalue weighted by Crippen LogP contribution is 2.40. The molecule has 2 unspecified atom stereocenters. The number of hydrogen-bond acceptors (Lipinski definition) is 2. The van der Waals surface area contributed by atoms with Crippen molar-refractivity contribution in [2.45, 2.75) is 43.7 Å². The van der Waals surface area contributed by atoms with Crippen molar-refractivity contribution in [2.75, 3.05) is 6.54 Å². The van der Waals surface area contributed by atoms with Crippen LogP contribution in [0.4, 0.5) is 4.39 Å². The SMILES string of the molecule is CCCNC1c2cc(Cl)c(F)cc2CSC1CC. The van der Waals surface area contributed by atoms with E-state index in [0.29, 0.717) is 11.3 Å². The van der Waals surface area contributed by atoms with Crippen molar-refractivity contribution in [3.05, 3.63) is 34.1 Å². The van der Waals surface area contributed by atoms with E-state index in [2.05, 4.69) is 19.2 Å². The van der Waals surface area contributed by atoms with Crippen LogP contribution in [0.3, 0.4) is 0 Å². The monoisotopic (exact) mass is 287 g/mol. The van der Waals surface area contributed by atoms with E-state index in [1.165, 1.54) is 5.56 Å². The standard InChI is InChI=1S/C14H19ClFNS/c1-3-5-17-14-10-7-11(15)12(16)6-9(10)8-18-13(14)4-2/h6-7,13-14,17H,3-5,8H2,1-2H3. The third kappa shape index (κ3) is 2.84. The van der Waals surface area contributed by atoms with Crippen LogP contribution in [0.1, 0.15) is 43.9 Å². The zero-order valence-electron chi connectivity index (χ0n) is 10.8. The topological polar surface area (TPSA) is 12.0 Å². The molecule has 2 atom stereocenters. The van der Waals surface area contributed by atoms with E-state index in [1.807, 2.05) is 17.8 Å². The van der Waals surface area contributed by atoms with Gasteiger partial charge >= 0.3 is 0 Å². The van der Waals surface area contributed by atoms with Crippen molar-refractivity contribution in [2.24, 2.45) is 0 Å². The molecule has 0 amide bonds. The summed E-state index contributed by atoms with van der Waals surface area (Å²) in [6.45, 7) is 5.34. The Labute approximate surface area is 117 Å². The molecule has 0 aliphatic carbocycles. The molecule has 0 radical (unpaired) electrons. The second-order valence-corrected chi connectivity index (χ2v) is 6.29. The van der Waals surface area contributed by atoms with Crippen LogP contribution in [-0.4, -0.2) is 11.8 Å². The van der Waals surface area contributed by atoms with Crippen molar-refractivity contribution in [1.29, 1.82) is 0 Å². The average molecular weight is 288 g/mol. The second kappa shape index (κ2) is 6.27. The molecule has 0 spiro atoms. The number of thioether (sulfide) groups is 1. The molecule has 1 aliphatic rings. The maximum absolute atomic E-state index is 13.5. The second-order valence-electron chi connectivity index (χ2n) is 4.65. The molecule has 1 aromatic carbocycles. The summed E-state index contributed by atoms with van der Waals surface area (Å²) in [5.74, 6) is 0.576. The number of nitrogens with one attached hydrogen (secondary N) is 1. The summed E-state index contributed by atoms with van der Waals surface area (Å²) >= 11 is 7.83. The maximum atomic E-state index is 13.5. The van der Waals surface area contributed by atoms with Gasteiger partial charge in [0, 0.05) is 17.0 Å². The van der Waals surface area contributed by atoms with Crippen molar-refractivity contribution < 1.29 is 4.39 Å². The van der Waals surface area contributed by atoms with Crippen LogP contribution in [0.15, 0.2) is 12.1 Å². The van der Waals surface area contributed by atoms with E-state index in [0.717, 1.165) is 30.7 Å². The van der Waals surface area contributed by atoms with Crippen LogP contribution in [-0.2, 0) is 5.75 Å². The number of fused-ring (bicyclic) bond motifs is 1. The van der Waals surface area contributed by atoms with Gasteiger partial charge < -0.3 is 5.32 Å². The Morgan fingerprint density at radius 3 is 2.89 bits per heavy atom. The van der Waals surface area contributed by atoms with Crippen LogP contribution in [0.25, 0.3) is 0 Å².